The monoisotopic (exact) mass is 329 g/mol. The Hall–Kier alpha value is -1.62. The molecule has 0 N–H and O–H groups in total. The molecule has 0 aromatic heterocycles. The minimum absolute atomic E-state index is 0.0647. The zero-order valence-electron chi connectivity index (χ0n) is 13.1. The van der Waals surface area contributed by atoms with Crippen LogP contribution in [0.15, 0.2) is 18.2 Å². The molecule has 1 aromatic carbocycles. The Morgan fingerprint density at radius 3 is 2.59 bits per heavy atom. The van der Waals surface area contributed by atoms with Crippen molar-refractivity contribution in [3.63, 3.8) is 0 Å². The van der Waals surface area contributed by atoms with Crippen molar-refractivity contribution in [1.29, 1.82) is 0 Å². The van der Waals surface area contributed by atoms with Crippen LogP contribution in [0.1, 0.15) is 37.6 Å². The maximum Gasteiger partial charge on any atom is 0.307 e. The molecule has 0 heterocycles. The first kappa shape index (κ1) is 18.4. The number of halogens is 2. The number of esters is 1. The molecule has 0 aliphatic heterocycles. The first-order chi connectivity index (χ1) is 10.4. The van der Waals surface area contributed by atoms with Crippen LogP contribution in [0, 0.1) is 11.7 Å². The molecule has 0 atom stereocenters. The quantitative estimate of drug-likeness (QED) is 0.719. The summed E-state index contributed by atoms with van der Waals surface area (Å²) in [6.45, 7) is 6.45. The van der Waals surface area contributed by atoms with Crippen LogP contribution in [0.4, 0.5) is 4.39 Å². The number of benzene rings is 1. The number of hydrogen-bond donors (Lipinski definition) is 0. The molecular formula is C16H21ClFNO3. The van der Waals surface area contributed by atoms with E-state index >= 15 is 0 Å². The summed E-state index contributed by atoms with van der Waals surface area (Å²) in [7, 11) is 0. The van der Waals surface area contributed by atoms with Crippen LogP contribution in [-0.4, -0.2) is 36.5 Å². The van der Waals surface area contributed by atoms with Crippen molar-refractivity contribution in [2.75, 3.05) is 19.7 Å². The molecule has 0 bridgehead atoms. The first-order valence-electron chi connectivity index (χ1n) is 7.25. The Morgan fingerprint density at radius 2 is 2.05 bits per heavy atom. The van der Waals surface area contributed by atoms with Crippen molar-refractivity contribution in [2.24, 2.45) is 5.92 Å². The van der Waals surface area contributed by atoms with Gasteiger partial charge in [-0.15, -0.1) is 0 Å². The van der Waals surface area contributed by atoms with Crippen LogP contribution in [0.2, 0.25) is 5.02 Å². The highest BCUT2D eigenvalue weighted by Crippen LogP contribution is 2.21. The largest absolute Gasteiger partial charge is 0.466 e. The second kappa shape index (κ2) is 8.73. The predicted molar refractivity (Wildman–Crippen MR) is 83.4 cm³/mol. The molecule has 6 heteroatoms. The highest BCUT2D eigenvalue weighted by Gasteiger charge is 2.23. The van der Waals surface area contributed by atoms with Crippen molar-refractivity contribution in [2.45, 2.75) is 27.2 Å². The van der Waals surface area contributed by atoms with E-state index in [1.165, 1.54) is 23.1 Å². The SMILES string of the molecule is CCOC(=O)CCN(CC(C)C)C(=O)c1c(F)cccc1Cl. The molecule has 0 unspecified atom stereocenters. The number of carbonyl (C=O) groups excluding carboxylic acids is 2. The minimum Gasteiger partial charge on any atom is -0.466 e. The van der Waals surface area contributed by atoms with Gasteiger partial charge in [0.2, 0.25) is 0 Å². The van der Waals surface area contributed by atoms with E-state index in [2.05, 4.69) is 0 Å². The minimum atomic E-state index is -0.664. The normalized spacial score (nSPS) is 10.6. The Labute approximate surface area is 135 Å². The van der Waals surface area contributed by atoms with E-state index in [1.54, 1.807) is 6.92 Å². The highest BCUT2D eigenvalue weighted by atomic mass is 35.5. The van der Waals surface area contributed by atoms with Gasteiger partial charge in [0, 0.05) is 13.1 Å². The van der Waals surface area contributed by atoms with Gasteiger partial charge >= 0.3 is 5.97 Å². The van der Waals surface area contributed by atoms with E-state index in [1.807, 2.05) is 13.8 Å². The summed E-state index contributed by atoms with van der Waals surface area (Å²) in [6.07, 6.45) is 0.0678. The number of hydrogen-bond acceptors (Lipinski definition) is 3. The zero-order chi connectivity index (χ0) is 16.7. The summed E-state index contributed by atoms with van der Waals surface area (Å²) in [5, 5.41) is 0.0647. The third-order valence-electron chi connectivity index (χ3n) is 2.94. The molecule has 0 spiro atoms. The lowest BCUT2D eigenvalue weighted by molar-refractivity contribution is -0.143. The second-order valence-electron chi connectivity index (χ2n) is 5.30. The van der Waals surface area contributed by atoms with Crippen molar-refractivity contribution < 1.29 is 18.7 Å². The standard InChI is InChI=1S/C16H21ClFNO3/c1-4-22-14(20)8-9-19(10-11(2)3)16(21)15-12(17)6-5-7-13(15)18/h5-7,11H,4,8-10H2,1-3H3. The fourth-order valence-electron chi connectivity index (χ4n) is 2.04. The predicted octanol–water partition coefficient (Wildman–Crippen LogP) is 3.53. The number of carbonyl (C=O) groups is 2. The van der Waals surface area contributed by atoms with E-state index in [0.29, 0.717) is 6.54 Å². The summed E-state index contributed by atoms with van der Waals surface area (Å²) in [6, 6.07) is 4.11. The summed E-state index contributed by atoms with van der Waals surface area (Å²) in [5.74, 6) is -1.39. The topological polar surface area (TPSA) is 46.6 Å². The van der Waals surface area contributed by atoms with Gasteiger partial charge < -0.3 is 9.64 Å². The summed E-state index contributed by atoms with van der Waals surface area (Å²) in [4.78, 5) is 25.4. The van der Waals surface area contributed by atoms with Crippen LogP contribution in [0.3, 0.4) is 0 Å². The fourth-order valence-corrected chi connectivity index (χ4v) is 2.28. The van der Waals surface area contributed by atoms with Crippen molar-refractivity contribution in [3.05, 3.63) is 34.6 Å². The van der Waals surface area contributed by atoms with Gasteiger partial charge in [-0.2, -0.15) is 0 Å². The molecule has 0 saturated heterocycles. The molecule has 122 valence electrons. The Kier molecular flexibility index (Phi) is 7.32. The zero-order valence-corrected chi connectivity index (χ0v) is 13.8. The molecule has 0 aliphatic rings. The van der Waals surface area contributed by atoms with Gasteiger partial charge in [-0.05, 0) is 25.0 Å². The van der Waals surface area contributed by atoms with Gasteiger partial charge in [-0.3, -0.25) is 9.59 Å². The third kappa shape index (κ3) is 5.30. The van der Waals surface area contributed by atoms with E-state index in [-0.39, 0.29) is 42.0 Å². The van der Waals surface area contributed by atoms with Gasteiger partial charge in [0.25, 0.3) is 5.91 Å². The summed E-state index contributed by atoms with van der Waals surface area (Å²) >= 11 is 5.94. The average molecular weight is 330 g/mol. The van der Waals surface area contributed by atoms with Gasteiger partial charge in [0.05, 0.1) is 23.6 Å². The van der Waals surface area contributed by atoms with Crippen LogP contribution < -0.4 is 0 Å². The second-order valence-corrected chi connectivity index (χ2v) is 5.70. The molecule has 4 nitrogen and oxygen atoms in total. The highest BCUT2D eigenvalue weighted by molar-refractivity contribution is 6.33. The van der Waals surface area contributed by atoms with E-state index in [0.717, 1.165) is 0 Å². The summed E-state index contributed by atoms with van der Waals surface area (Å²) < 4.78 is 18.7. The molecule has 1 amide bonds. The maximum absolute atomic E-state index is 13.9. The van der Waals surface area contributed by atoms with Crippen molar-refractivity contribution >= 4 is 23.5 Å². The van der Waals surface area contributed by atoms with Crippen LogP contribution >= 0.6 is 11.6 Å². The molecule has 0 fully saturated rings. The lowest BCUT2D eigenvalue weighted by Gasteiger charge is -2.25. The van der Waals surface area contributed by atoms with Crippen LogP contribution in [0.5, 0.6) is 0 Å². The number of amides is 1. The van der Waals surface area contributed by atoms with Crippen LogP contribution in [0.25, 0.3) is 0 Å². The maximum atomic E-state index is 13.9. The summed E-state index contributed by atoms with van der Waals surface area (Å²) in [5.41, 5.74) is -0.159. The molecule has 0 radical (unpaired) electrons. The molecule has 22 heavy (non-hydrogen) atoms. The van der Waals surface area contributed by atoms with Gasteiger partial charge in [-0.25, -0.2) is 4.39 Å². The van der Waals surface area contributed by atoms with Crippen molar-refractivity contribution in [3.8, 4) is 0 Å². The molecule has 1 aromatic rings. The van der Waals surface area contributed by atoms with Gasteiger partial charge in [0.1, 0.15) is 5.82 Å². The van der Waals surface area contributed by atoms with E-state index in [4.69, 9.17) is 16.3 Å². The Morgan fingerprint density at radius 1 is 1.36 bits per heavy atom. The number of nitrogens with zero attached hydrogens (tertiary/aromatic N) is 1. The number of ether oxygens (including phenoxy) is 1. The Balaban J connectivity index is 2.91. The molecule has 0 saturated carbocycles. The molecular weight excluding hydrogens is 309 g/mol. The lowest BCUT2D eigenvalue weighted by atomic mass is 10.1. The average Bonchev–Trinajstić information content (AvgIpc) is 2.43. The first-order valence-corrected chi connectivity index (χ1v) is 7.63. The van der Waals surface area contributed by atoms with Crippen molar-refractivity contribution in [1.82, 2.24) is 4.90 Å². The van der Waals surface area contributed by atoms with Gasteiger partial charge in [0.15, 0.2) is 0 Å². The smallest absolute Gasteiger partial charge is 0.307 e. The Bertz CT molecular complexity index is 514. The lowest BCUT2D eigenvalue weighted by Crippen LogP contribution is -2.36. The molecule has 1 rings (SSSR count). The molecule has 0 aliphatic carbocycles. The third-order valence-corrected chi connectivity index (χ3v) is 3.26. The fraction of sp³-hybridized carbons (Fsp3) is 0.500. The van der Waals surface area contributed by atoms with E-state index in [9.17, 15) is 14.0 Å². The van der Waals surface area contributed by atoms with Crippen LogP contribution in [-0.2, 0) is 9.53 Å². The number of rotatable bonds is 7. The van der Waals surface area contributed by atoms with Gasteiger partial charge in [-0.1, -0.05) is 31.5 Å². The van der Waals surface area contributed by atoms with E-state index < -0.39 is 11.7 Å².